The van der Waals surface area contributed by atoms with Gasteiger partial charge in [0, 0.05) is 5.69 Å². The van der Waals surface area contributed by atoms with Gasteiger partial charge in [-0.05, 0) is 25.1 Å². The Kier molecular flexibility index (Phi) is 5.84. The van der Waals surface area contributed by atoms with E-state index in [4.69, 9.17) is 11.2 Å². The first-order chi connectivity index (χ1) is 12.0. The summed E-state index contributed by atoms with van der Waals surface area (Å²) in [5, 5.41) is 16.6. The predicted octanol–water partition coefficient (Wildman–Crippen LogP) is 2.35. The molecule has 9 nitrogen and oxygen atoms in total. The fourth-order valence-electron chi connectivity index (χ4n) is 1.90. The highest BCUT2D eigenvalue weighted by molar-refractivity contribution is 5.90. The molecule has 1 aromatic heterocycles. The van der Waals surface area contributed by atoms with Crippen LogP contribution in [0.5, 0.6) is 0 Å². The minimum absolute atomic E-state index is 0.00185. The van der Waals surface area contributed by atoms with Crippen LogP contribution in [-0.4, -0.2) is 34.0 Å². The number of nitrogens with zero attached hydrogens (tertiary/aromatic N) is 3. The van der Waals surface area contributed by atoms with Crippen molar-refractivity contribution >= 4 is 29.1 Å². The maximum atomic E-state index is 11.8. The quantitative estimate of drug-likeness (QED) is 0.341. The summed E-state index contributed by atoms with van der Waals surface area (Å²) in [4.78, 5) is 30.1. The lowest BCUT2D eigenvalue weighted by Gasteiger charge is -2.09. The fourth-order valence-corrected chi connectivity index (χ4v) is 1.90. The Morgan fingerprint density at radius 3 is 2.96 bits per heavy atom. The van der Waals surface area contributed by atoms with Gasteiger partial charge in [-0.15, -0.1) is 6.42 Å². The molecule has 0 aliphatic heterocycles. The van der Waals surface area contributed by atoms with E-state index < -0.39 is 10.9 Å². The van der Waals surface area contributed by atoms with E-state index in [9.17, 15) is 14.9 Å². The molecule has 2 N–H and O–H groups in total. The zero-order valence-corrected chi connectivity index (χ0v) is 13.4. The molecule has 9 heteroatoms. The monoisotopic (exact) mass is 341 g/mol. The van der Waals surface area contributed by atoms with Crippen LogP contribution >= 0.6 is 0 Å². The van der Waals surface area contributed by atoms with E-state index >= 15 is 0 Å². The Balaban J connectivity index is 2.25. The van der Waals surface area contributed by atoms with E-state index in [0.29, 0.717) is 11.3 Å². The number of esters is 1. The van der Waals surface area contributed by atoms with Gasteiger partial charge in [0.2, 0.25) is 11.8 Å². The number of terminal acetylenes is 1. The van der Waals surface area contributed by atoms with Crippen LogP contribution in [0, 0.1) is 22.5 Å². The van der Waals surface area contributed by atoms with Crippen LogP contribution in [0.25, 0.3) is 0 Å². The molecule has 0 aliphatic rings. The first-order valence-electron chi connectivity index (χ1n) is 7.28. The maximum absolute atomic E-state index is 11.8. The van der Waals surface area contributed by atoms with E-state index in [-0.39, 0.29) is 30.6 Å². The average molecular weight is 341 g/mol. The number of carbonyl (C=O) groups is 1. The van der Waals surface area contributed by atoms with E-state index in [1.807, 2.05) is 0 Å². The van der Waals surface area contributed by atoms with Crippen molar-refractivity contribution in [3.63, 3.8) is 0 Å². The second-order valence-corrected chi connectivity index (χ2v) is 4.67. The minimum Gasteiger partial charge on any atom is -0.462 e. The molecule has 0 saturated heterocycles. The lowest BCUT2D eigenvalue weighted by molar-refractivity contribution is -0.384. The number of ether oxygens (including phenoxy) is 1. The molecular formula is C16H15N5O4. The van der Waals surface area contributed by atoms with Gasteiger partial charge in [0.1, 0.15) is 6.20 Å². The van der Waals surface area contributed by atoms with Crippen LogP contribution in [-0.2, 0) is 4.74 Å². The molecule has 0 bridgehead atoms. The van der Waals surface area contributed by atoms with Gasteiger partial charge in [-0.1, -0.05) is 12.0 Å². The molecule has 0 saturated carbocycles. The first-order valence-corrected chi connectivity index (χ1v) is 7.28. The molecule has 0 unspecified atom stereocenters. The van der Waals surface area contributed by atoms with Crippen LogP contribution in [0.1, 0.15) is 17.3 Å². The fraction of sp³-hybridized carbons (Fsp3) is 0.188. The van der Waals surface area contributed by atoms with Crippen molar-refractivity contribution in [2.75, 3.05) is 23.8 Å². The topological polar surface area (TPSA) is 119 Å². The summed E-state index contributed by atoms with van der Waals surface area (Å²) in [5.74, 6) is 1.98. The van der Waals surface area contributed by atoms with Crippen LogP contribution < -0.4 is 10.6 Å². The van der Waals surface area contributed by atoms with Gasteiger partial charge >= 0.3 is 11.7 Å². The standard InChI is InChI=1S/C16H15N5O4/c1-3-8-17-14-13(21(23)24)10-18-16(20-14)19-12-7-5-6-11(9-12)15(22)25-4-2/h1,5-7,9-10H,4,8H2,2H3,(H2,17,18,19,20). The Hall–Kier alpha value is -3.67. The van der Waals surface area contributed by atoms with Gasteiger partial charge in [0.25, 0.3) is 0 Å². The lowest BCUT2D eigenvalue weighted by atomic mass is 10.2. The molecular weight excluding hydrogens is 326 g/mol. The number of hydrogen-bond acceptors (Lipinski definition) is 8. The van der Waals surface area contributed by atoms with E-state index in [0.717, 1.165) is 6.20 Å². The summed E-state index contributed by atoms with van der Waals surface area (Å²) < 4.78 is 4.94. The highest BCUT2D eigenvalue weighted by Gasteiger charge is 2.17. The number of rotatable bonds is 7. The molecule has 0 radical (unpaired) electrons. The number of aromatic nitrogens is 2. The molecule has 0 atom stereocenters. The maximum Gasteiger partial charge on any atom is 0.338 e. The van der Waals surface area contributed by atoms with Gasteiger partial charge < -0.3 is 15.4 Å². The van der Waals surface area contributed by atoms with Gasteiger partial charge in [-0.3, -0.25) is 10.1 Å². The van der Waals surface area contributed by atoms with Crippen molar-refractivity contribution in [2.45, 2.75) is 6.92 Å². The number of nitrogens with one attached hydrogen (secondary N) is 2. The van der Waals surface area contributed by atoms with Crippen molar-refractivity contribution in [3.8, 4) is 12.3 Å². The second kappa shape index (κ2) is 8.26. The van der Waals surface area contributed by atoms with E-state index in [1.54, 1.807) is 31.2 Å². The first kappa shape index (κ1) is 17.7. The molecule has 1 heterocycles. The molecule has 0 spiro atoms. The third-order valence-corrected chi connectivity index (χ3v) is 2.95. The van der Waals surface area contributed by atoms with E-state index in [1.165, 1.54) is 0 Å². The minimum atomic E-state index is -0.607. The van der Waals surface area contributed by atoms with Crippen LogP contribution in [0.3, 0.4) is 0 Å². The Labute approximate surface area is 143 Å². The van der Waals surface area contributed by atoms with Gasteiger partial charge in [0.05, 0.1) is 23.6 Å². The normalized spacial score (nSPS) is 9.76. The second-order valence-electron chi connectivity index (χ2n) is 4.67. The van der Waals surface area contributed by atoms with E-state index in [2.05, 4.69) is 26.5 Å². The molecule has 0 fully saturated rings. The third-order valence-electron chi connectivity index (χ3n) is 2.95. The highest BCUT2D eigenvalue weighted by Crippen LogP contribution is 2.23. The summed E-state index contributed by atoms with van der Waals surface area (Å²) >= 11 is 0. The van der Waals surface area contributed by atoms with Gasteiger partial charge in [-0.25, -0.2) is 9.78 Å². The zero-order chi connectivity index (χ0) is 18.2. The van der Waals surface area contributed by atoms with Crippen molar-refractivity contribution < 1.29 is 14.5 Å². The average Bonchev–Trinajstić information content (AvgIpc) is 2.60. The zero-order valence-electron chi connectivity index (χ0n) is 13.4. The number of hydrogen-bond donors (Lipinski definition) is 2. The summed E-state index contributed by atoms with van der Waals surface area (Å²) in [5.41, 5.74) is 0.600. The predicted molar refractivity (Wildman–Crippen MR) is 91.7 cm³/mol. The Bertz CT molecular complexity index is 832. The number of anilines is 3. The van der Waals surface area contributed by atoms with Crippen molar-refractivity contribution in [1.29, 1.82) is 0 Å². The molecule has 1 aromatic carbocycles. The summed E-state index contributed by atoms with van der Waals surface area (Å²) in [6.45, 7) is 2.07. The smallest absolute Gasteiger partial charge is 0.338 e. The van der Waals surface area contributed by atoms with Crippen molar-refractivity contribution in [1.82, 2.24) is 9.97 Å². The molecule has 0 aliphatic carbocycles. The van der Waals surface area contributed by atoms with Crippen LogP contribution in [0.2, 0.25) is 0 Å². The highest BCUT2D eigenvalue weighted by atomic mass is 16.6. The number of carbonyl (C=O) groups excluding carboxylic acids is 1. The number of benzene rings is 1. The van der Waals surface area contributed by atoms with Crippen LogP contribution in [0.15, 0.2) is 30.5 Å². The summed E-state index contributed by atoms with van der Waals surface area (Å²) in [6.07, 6.45) is 6.22. The van der Waals surface area contributed by atoms with Crippen LogP contribution in [0.4, 0.5) is 23.1 Å². The molecule has 128 valence electrons. The lowest BCUT2D eigenvalue weighted by Crippen LogP contribution is -2.08. The summed E-state index contributed by atoms with van der Waals surface area (Å²) in [7, 11) is 0. The molecule has 25 heavy (non-hydrogen) atoms. The van der Waals surface area contributed by atoms with Crippen molar-refractivity contribution in [2.24, 2.45) is 0 Å². The molecule has 2 aromatic rings. The largest absolute Gasteiger partial charge is 0.462 e. The van der Waals surface area contributed by atoms with Gasteiger partial charge in [-0.2, -0.15) is 4.98 Å². The Morgan fingerprint density at radius 1 is 1.48 bits per heavy atom. The van der Waals surface area contributed by atoms with Gasteiger partial charge in [0.15, 0.2) is 0 Å². The summed E-state index contributed by atoms with van der Waals surface area (Å²) in [6, 6.07) is 6.54. The SMILES string of the molecule is C#CCNc1nc(Nc2cccc(C(=O)OCC)c2)ncc1[N+](=O)[O-]. The molecule has 0 amide bonds. The third kappa shape index (κ3) is 4.65. The number of nitro groups is 1. The molecule has 2 rings (SSSR count). The Morgan fingerprint density at radius 2 is 2.28 bits per heavy atom. The van der Waals surface area contributed by atoms with Crippen molar-refractivity contribution in [3.05, 3.63) is 46.1 Å².